The lowest BCUT2D eigenvalue weighted by Gasteiger charge is -2.32. The van der Waals surface area contributed by atoms with Gasteiger partial charge >= 0.3 is 0 Å². The maximum absolute atomic E-state index is 12.3. The molecule has 1 aromatic carbocycles. The number of aryl methyl sites for hydroxylation is 1. The highest BCUT2D eigenvalue weighted by molar-refractivity contribution is 5.92. The maximum atomic E-state index is 12.3. The Labute approximate surface area is 151 Å². The van der Waals surface area contributed by atoms with Gasteiger partial charge in [0, 0.05) is 18.2 Å². The van der Waals surface area contributed by atoms with E-state index in [1.807, 2.05) is 13.1 Å². The van der Waals surface area contributed by atoms with E-state index in [2.05, 4.69) is 10.4 Å². The molecule has 0 unspecified atom stereocenters. The summed E-state index contributed by atoms with van der Waals surface area (Å²) in [5, 5.41) is 7.07. The fraction of sp³-hybridized carbons (Fsp3) is 0.389. The minimum absolute atomic E-state index is 0.143. The Morgan fingerprint density at radius 3 is 2.81 bits per heavy atom. The predicted molar refractivity (Wildman–Crippen MR) is 93.7 cm³/mol. The summed E-state index contributed by atoms with van der Waals surface area (Å²) in [7, 11) is 0. The van der Waals surface area contributed by atoms with Gasteiger partial charge < -0.3 is 20.5 Å². The van der Waals surface area contributed by atoms with Gasteiger partial charge in [-0.1, -0.05) is 0 Å². The lowest BCUT2D eigenvalue weighted by Crippen LogP contribution is -2.52. The molecule has 2 amide bonds. The average molecular weight is 358 g/mol. The number of hydrogen-bond acceptors (Lipinski definition) is 5. The van der Waals surface area contributed by atoms with E-state index >= 15 is 0 Å². The summed E-state index contributed by atoms with van der Waals surface area (Å²) < 4.78 is 13.1. The maximum Gasteiger partial charge on any atom is 0.248 e. The van der Waals surface area contributed by atoms with Crippen LogP contribution in [0.1, 0.15) is 22.3 Å². The van der Waals surface area contributed by atoms with Gasteiger partial charge in [0.2, 0.25) is 11.8 Å². The minimum atomic E-state index is -0.485. The van der Waals surface area contributed by atoms with Crippen LogP contribution in [0.5, 0.6) is 5.75 Å². The highest BCUT2D eigenvalue weighted by atomic mass is 16.5. The van der Waals surface area contributed by atoms with Gasteiger partial charge in [-0.15, -0.1) is 0 Å². The Bertz CT molecular complexity index is 772. The molecule has 8 heteroatoms. The van der Waals surface area contributed by atoms with Gasteiger partial charge in [-0.25, -0.2) is 0 Å². The molecule has 26 heavy (non-hydrogen) atoms. The zero-order chi connectivity index (χ0) is 18.5. The van der Waals surface area contributed by atoms with Gasteiger partial charge in [0.25, 0.3) is 0 Å². The van der Waals surface area contributed by atoms with Crippen molar-refractivity contribution < 1.29 is 19.1 Å². The SMILES string of the molecule is Cc1cnn(CC(=O)N[C@@H]2COCC[C@H]2Oc2ccc(C(N)=O)cc2)c1. The molecular formula is C18H22N4O4. The van der Waals surface area contributed by atoms with E-state index in [4.69, 9.17) is 15.2 Å². The first-order chi connectivity index (χ1) is 12.5. The average Bonchev–Trinajstić information content (AvgIpc) is 3.02. The van der Waals surface area contributed by atoms with Crippen molar-refractivity contribution >= 4 is 11.8 Å². The molecule has 1 aromatic heterocycles. The molecule has 3 rings (SSSR count). The second-order valence-electron chi connectivity index (χ2n) is 6.30. The molecule has 1 aliphatic rings. The Balaban J connectivity index is 1.60. The van der Waals surface area contributed by atoms with E-state index < -0.39 is 5.91 Å². The lowest BCUT2D eigenvalue weighted by atomic mass is 10.1. The predicted octanol–water partition coefficient (Wildman–Crippen LogP) is 0.643. The molecule has 0 saturated carbocycles. The molecule has 3 N–H and O–H groups in total. The van der Waals surface area contributed by atoms with E-state index in [0.29, 0.717) is 30.9 Å². The summed E-state index contributed by atoms with van der Waals surface area (Å²) in [6.45, 7) is 3.01. The second kappa shape index (κ2) is 8.01. The number of carbonyl (C=O) groups excluding carboxylic acids is 2. The normalized spacial score (nSPS) is 19.7. The van der Waals surface area contributed by atoms with Crippen LogP contribution in [0, 0.1) is 6.92 Å². The number of aromatic nitrogens is 2. The molecule has 0 aliphatic carbocycles. The molecule has 0 bridgehead atoms. The molecule has 0 radical (unpaired) electrons. The summed E-state index contributed by atoms with van der Waals surface area (Å²) in [6.07, 6.45) is 3.96. The number of rotatable bonds is 6. The molecule has 138 valence electrons. The third-order valence-corrected chi connectivity index (χ3v) is 4.13. The van der Waals surface area contributed by atoms with E-state index in [0.717, 1.165) is 5.56 Å². The van der Waals surface area contributed by atoms with Gasteiger partial charge in [0.15, 0.2) is 0 Å². The van der Waals surface area contributed by atoms with Crippen LogP contribution < -0.4 is 15.8 Å². The Morgan fingerprint density at radius 1 is 1.38 bits per heavy atom. The van der Waals surface area contributed by atoms with Crippen LogP contribution in [0.2, 0.25) is 0 Å². The van der Waals surface area contributed by atoms with Crippen molar-refractivity contribution in [2.45, 2.75) is 32.0 Å². The van der Waals surface area contributed by atoms with E-state index in [1.54, 1.807) is 35.1 Å². The standard InChI is InChI=1S/C18H22N4O4/c1-12-8-20-22(9-12)10-17(23)21-15-11-25-7-6-16(15)26-14-4-2-13(3-5-14)18(19)24/h2-5,8-9,15-16H,6-7,10-11H2,1H3,(H2,19,24)(H,21,23)/t15-,16-/m1/s1. The molecule has 1 aliphatic heterocycles. The van der Waals surface area contributed by atoms with Crippen LogP contribution in [-0.2, 0) is 16.1 Å². The number of nitrogens with two attached hydrogens (primary N) is 1. The molecule has 2 aromatic rings. The third-order valence-electron chi connectivity index (χ3n) is 4.13. The monoisotopic (exact) mass is 358 g/mol. The zero-order valence-electron chi connectivity index (χ0n) is 14.6. The fourth-order valence-electron chi connectivity index (χ4n) is 2.82. The first-order valence-corrected chi connectivity index (χ1v) is 8.44. The number of primary amides is 1. The van der Waals surface area contributed by atoms with Crippen molar-refractivity contribution in [2.24, 2.45) is 5.73 Å². The first-order valence-electron chi connectivity index (χ1n) is 8.44. The van der Waals surface area contributed by atoms with Crippen molar-refractivity contribution in [1.29, 1.82) is 0 Å². The minimum Gasteiger partial charge on any atom is -0.488 e. The van der Waals surface area contributed by atoms with Crippen molar-refractivity contribution in [1.82, 2.24) is 15.1 Å². The smallest absolute Gasteiger partial charge is 0.248 e. The molecule has 8 nitrogen and oxygen atoms in total. The highest BCUT2D eigenvalue weighted by Crippen LogP contribution is 2.19. The van der Waals surface area contributed by atoms with Gasteiger partial charge in [-0.3, -0.25) is 14.3 Å². The summed E-state index contributed by atoms with van der Waals surface area (Å²) in [5.41, 5.74) is 6.66. The molecule has 2 atom stereocenters. The second-order valence-corrected chi connectivity index (χ2v) is 6.30. The number of amides is 2. The third kappa shape index (κ3) is 4.60. The van der Waals surface area contributed by atoms with E-state index in [9.17, 15) is 9.59 Å². The van der Waals surface area contributed by atoms with Crippen molar-refractivity contribution in [3.8, 4) is 5.75 Å². The van der Waals surface area contributed by atoms with Crippen molar-refractivity contribution in [2.75, 3.05) is 13.2 Å². The van der Waals surface area contributed by atoms with E-state index in [1.165, 1.54) is 0 Å². The van der Waals surface area contributed by atoms with E-state index in [-0.39, 0.29) is 24.6 Å². The molecule has 2 heterocycles. The van der Waals surface area contributed by atoms with Crippen LogP contribution in [-0.4, -0.2) is 47.0 Å². The van der Waals surface area contributed by atoms with Gasteiger partial charge in [0.05, 0.1) is 25.5 Å². The van der Waals surface area contributed by atoms with Gasteiger partial charge in [-0.05, 0) is 36.8 Å². The quantitative estimate of drug-likeness (QED) is 0.788. The largest absolute Gasteiger partial charge is 0.488 e. The molecular weight excluding hydrogens is 336 g/mol. The molecule has 1 saturated heterocycles. The van der Waals surface area contributed by atoms with Crippen LogP contribution >= 0.6 is 0 Å². The van der Waals surface area contributed by atoms with Crippen LogP contribution in [0.25, 0.3) is 0 Å². The summed E-state index contributed by atoms with van der Waals surface area (Å²) in [6, 6.07) is 6.36. The van der Waals surface area contributed by atoms with Crippen LogP contribution in [0.3, 0.4) is 0 Å². The number of nitrogens with zero attached hydrogens (tertiary/aromatic N) is 2. The summed E-state index contributed by atoms with van der Waals surface area (Å²) >= 11 is 0. The summed E-state index contributed by atoms with van der Waals surface area (Å²) in [4.78, 5) is 23.4. The Kier molecular flexibility index (Phi) is 5.52. The number of hydrogen-bond donors (Lipinski definition) is 2. The topological polar surface area (TPSA) is 108 Å². The van der Waals surface area contributed by atoms with Gasteiger partial charge in [-0.2, -0.15) is 5.10 Å². The molecule has 0 spiro atoms. The fourth-order valence-corrected chi connectivity index (χ4v) is 2.82. The Morgan fingerprint density at radius 2 is 2.15 bits per heavy atom. The first kappa shape index (κ1) is 17.9. The number of ether oxygens (including phenoxy) is 2. The van der Waals surface area contributed by atoms with Crippen LogP contribution in [0.4, 0.5) is 0 Å². The van der Waals surface area contributed by atoms with Gasteiger partial charge in [0.1, 0.15) is 18.4 Å². The van der Waals surface area contributed by atoms with Crippen molar-refractivity contribution in [3.05, 3.63) is 47.8 Å². The number of carbonyl (C=O) groups is 2. The van der Waals surface area contributed by atoms with Crippen LogP contribution in [0.15, 0.2) is 36.7 Å². The lowest BCUT2D eigenvalue weighted by molar-refractivity contribution is -0.125. The highest BCUT2D eigenvalue weighted by Gasteiger charge is 2.29. The van der Waals surface area contributed by atoms with Crippen molar-refractivity contribution in [3.63, 3.8) is 0 Å². The molecule has 1 fully saturated rings. The number of benzene rings is 1. The zero-order valence-corrected chi connectivity index (χ0v) is 14.6. The summed E-state index contributed by atoms with van der Waals surface area (Å²) in [5.74, 6) is -0.0215. The number of nitrogens with one attached hydrogen (secondary N) is 1. The Hall–Kier alpha value is -2.87.